The van der Waals surface area contributed by atoms with Crippen LogP contribution in [0, 0.1) is 0 Å². The molecule has 0 unspecified atom stereocenters. The molecule has 2 aromatic heterocycles. The summed E-state index contributed by atoms with van der Waals surface area (Å²) in [5.41, 5.74) is 0.328. The molecule has 0 spiro atoms. The Kier molecular flexibility index (Phi) is 8.66. The molecular formula is C26H32N2O5S2. The van der Waals surface area contributed by atoms with E-state index in [1.54, 1.807) is 64.6 Å². The number of fused-ring (bicyclic) bond motifs is 1. The number of nitrogens with zero attached hydrogens (tertiary/aromatic N) is 2. The smallest absolute Gasteiger partial charge is 0.442 e. The van der Waals surface area contributed by atoms with Crippen LogP contribution >= 0.6 is 23.1 Å². The van der Waals surface area contributed by atoms with Gasteiger partial charge in [-0.05, 0) is 70.2 Å². The summed E-state index contributed by atoms with van der Waals surface area (Å²) in [6.07, 6.45) is 0.132. The van der Waals surface area contributed by atoms with Crippen molar-refractivity contribution >= 4 is 45.6 Å². The van der Waals surface area contributed by atoms with Gasteiger partial charge in [0.25, 0.3) is 0 Å². The molecule has 0 aliphatic rings. The third-order valence-electron chi connectivity index (χ3n) is 4.51. The number of thiophene rings is 1. The molecule has 0 saturated heterocycles. The van der Waals surface area contributed by atoms with Crippen molar-refractivity contribution in [1.29, 1.82) is 0 Å². The molecule has 3 aromatic rings. The van der Waals surface area contributed by atoms with Gasteiger partial charge in [0.2, 0.25) is 0 Å². The summed E-state index contributed by atoms with van der Waals surface area (Å²) in [5, 5.41) is 4.12. The molecule has 9 heteroatoms. The largest absolute Gasteiger partial charge is 0.534 e. The Morgan fingerprint density at radius 3 is 2.37 bits per heavy atom. The Bertz CT molecular complexity index is 1140. The molecule has 188 valence electrons. The minimum atomic E-state index is -0.971. The highest BCUT2D eigenvalue weighted by molar-refractivity contribution is 7.98. The zero-order chi connectivity index (χ0) is 25.6. The second kappa shape index (κ2) is 11.3. The first kappa shape index (κ1) is 26.8. The highest BCUT2D eigenvalue weighted by atomic mass is 32.2. The molecule has 0 fully saturated rings. The van der Waals surface area contributed by atoms with Crippen LogP contribution in [0.15, 0.2) is 54.0 Å². The molecule has 35 heavy (non-hydrogen) atoms. The maximum atomic E-state index is 13.2. The summed E-state index contributed by atoms with van der Waals surface area (Å²) in [7, 11) is 0. The van der Waals surface area contributed by atoms with Crippen LogP contribution in [-0.4, -0.2) is 39.3 Å². The van der Waals surface area contributed by atoms with Gasteiger partial charge in [0.1, 0.15) is 22.1 Å². The molecular weight excluding hydrogens is 484 g/mol. The number of ether oxygens (including phenoxy) is 2. The Balaban J connectivity index is 1.83. The fourth-order valence-corrected chi connectivity index (χ4v) is 4.91. The van der Waals surface area contributed by atoms with Crippen molar-refractivity contribution in [2.24, 2.45) is 0 Å². The zero-order valence-electron chi connectivity index (χ0n) is 20.9. The van der Waals surface area contributed by atoms with Gasteiger partial charge in [-0.1, -0.05) is 30.3 Å². The van der Waals surface area contributed by atoms with Crippen LogP contribution < -0.4 is 0 Å². The van der Waals surface area contributed by atoms with Crippen molar-refractivity contribution in [1.82, 2.24) is 10.0 Å². The standard InChI is InChI=1S/C26H32N2O5S2/c1-25(2,3)31-23(29)28(33-24(30)32-26(4,5)6)21(19-10-8-7-9-11-19)17-34-16-18-14-20-12-13-35-22(20)27-15-18/h7-15,21H,16-17H2,1-6H3/t21-/m1/s1. The van der Waals surface area contributed by atoms with Crippen LogP contribution in [0.2, 0.25) is 0 Å². The van der Waals surface area contributed by atoms with Gasteiger partial charge < -0.3 is 9.47 Å². The molecule has 7 nitrogen and oxygen atoms in total. The summed E-state index contributed by atoms with van der Waals surface area (Å²) in [6, 6.07) is 13.0. The van der Waals surface area contributed by atoms with Crippen LogP contribution in [0.25, 0.3) is 10.2 Å². The number of pyridine rings is 1. The summed E-state index contributed by atoms with van der Waals surface area (Å²) >= 11 is 3.21. The van der Waals surface area contributed by atoms with E-state index in [0.29, 0.717) is 11.5 Å². The zero-order valence-corrected chi connectivity index (χ0v) is 22.6. The van der Waals surface area contributed by atoms with E-state index < -0.39 is 29.5 Å². The van der Waals surface area contributed by atoms with Crippen LogP contribution in [0.5, 0.6) is 0 Å². The molecule has 0 bridgehead atoms. The lowest BCUT2D eigenvalue weighted by Gasteiger charge is -2.32. The van der Waals surface area contributed by atoms with Crippen LogP contribution in [0.4, 0.5) is 9.59 Å². The molecule has 3 rings (SSSR count). The van der Waals surface area contributed by atoms with Gasteiger partial charge in [-0.25, -0.2) is 14.6 Å². The first-order valence-electron chi connectivity index (χ1n) is 11.3. The van der Waals surface area contributed by atoms with Crippen LogP contribution in [-0.2, 0) is 20.1 Å². The van der Waals surface area contributed by atoms with Crippen molar-refractivity contribution in [3.8, 4) is 0 Å². The van der Waals surface area contributed by atoms with E-state index in [1.807, 2.05) is 48.0 Å². The number of benzene rings is 1. The van der Waals surface area contributed by atoms with E-state index in [-0.39, 0.29) is 0 Å². The summed E-state index contributed by atoms with van der Waals surface area (Å²) in [4.78, 5) is 36.7. The van der Waals surface area contributed by atoms with Gasteiger partial charge in [0.15, 0.2) is 0 Å². The third-order valence-corrected chi connectivity index (χ3v) is 6.44. The summed E-state index contributed by atoms with van der Waals surface area (Å²) in [6.45, 7) is 10.5. The number of rotatable bonds is 6. The van der Waals surface area contributed by atoms with Crippen molar-refractivity contribution in [3.05, 3.63) is 65.2 Å². The SMILES string of the molecule is CC(C)(C)OC(=O)ON(C(=O)OC(C)(C)C)[C@H](CSCc1cnc2sccc2c1)c1ccccc1. The Hall–Kier alpha value is -2.78. The molecule has 0 saturated carbocycles. The van der Waals surface area contributed by atoms with Gasteiger partial charge in [0.05, 0.1) is 0 Å². The number of hydroxylamine groups is 2. The Morgan fingerprint density at radius 2 is 1.71 bits per heavy atom. The van der Waals surface area contributed by atoms with E-state index in [0.717, 1.165) is 26.4 Å². The predicted octanol–water partition coefficient (Wildman–Crippen LogP) is 7.37. The number of carbonyl (C=O) groups excluding carboxylic acids is 2. The monoisotopic (exact) mass is 516 g/mol. The maximum Gasteiger partial charge on any atom is 0.534 e. The number of hydrogen-bond acceptors (Lipinski definition) is 8. The predicted molar refractivity (Wildman–Crippen MR) is 140 cm³/mol. The van der Waals surface area contributed by atoms with Gasteiger partial charge >= 0.3 is 12.2 Å². The minimum Gasteiger partial charge on any atom is -0.442 e. The molecule has 2 heterocycles. The average molecular weight is 517 g/mol. The number of amides is 1. The van der Waals surface area contributed by atoms with Crippen LogP contribution in [0.3, 0.4) is 0 Å². The van der Waals surface area contributed by atoms with E-state index in [1.165, 1.54) is 0 Å². The maximum absolute atomic E-state index is 13.2. The lowest BCUT2D eigenvalue weighted by molar-refractivity contribution is -0.153. The Morgan fingerprint density at radius 1 is 1.03 bits per heavy atom. The lowest BCUT2D eigenvalue weighted by Crippen LogP contribution is -2.42. The van der Waals surface area contributed by atoms with Gasteiger partial charge in [-0.15, -0.1) is 16.4 Å². The lowest BCUT2D eigenvalue weighted by atomic mass is 10.1. The normalized spacial score (nSPS) is 12.7. The number of carbonyl (C=O) groups is 2. The number of hydrogen-bond donors (Lipinski definition) is 0. The topological polar surface area (TPSA) is 78.0 Å². The van der Waals surface area contributed by atoms with E-state index >= 15 is 0 Å². The van der Waals surface area contributed by atoms with Crippen molar-refractivity contribution in [2.45, 2.75) is 64.5 Å². The van der Waals surface area contributed by atoms with Gasteiger partial charge in [0, 0.05) is 23.1 Å². The fraction of sp³-hybridized carbons (Fsp3) is 0.423. The molecule has 1 aromatic carbocycles. The molecule has 0 aliphatic heterocycles. The summed E-state index contributed by atoms with van der Waals surface area (Å²) in [5.74, 6) is 1.13. The highest BCUT2D eigenvalue weighted by Gasteiger charge is 2.34. The fourth-order valence-electron chi connectivity index (χ4n) is 3.13. The summed E-state index contributed by atoms with van der Waals surface area (Å²) < 4.78 is 10.9. The third kappa shape index (κ3) is 8.43. The molecule has 0 aliphatic carbocycles. The van der Waals surface area contributed by atoms with Crippen molar-refractivity contribution in [2.75, 3.05) is 5.75 Å². The highest BCUT2D eigenvalue weighted by Crippen LogP contribution is 2.30. The molecule has 1 amide bonds. The first-order valence-corrected chi connectivity index (χ1v) is 13.3. The van der Waals surface area contributed by atoms with Gasteiger partial charge in [-0.3, -0.25) is 4.84 Å². The molecule has 0 N–H and O–H groups in total. The number of aromatic nitrogens is 1. The van der Waals surface area contributed by atoms with Crippen LogP contribution in [0.1, 0.15) is 58.7 Å². The average Bonchev–Trinajstić information content (AvgIpc) is 3.21. The second-order valence-corrected chi connectivity index (χ2v) is 11.9. The van der Waals surface area contributed by atoms with Crippen molar-refractivity contribution in [3.63, 3.8) is 0 Å². The first-order chi connectivity index (χ1) is 16.4. The second-order valence-electron chi connectivity index (χ2n) is 9.96. The minimum absolute atomic E-state index is 0.452. The van der Waals surface area contributed by atoms with E-state index in [9.17, 15) is 9.59 Å². The molecule has 1 atom stereocenters. The number of thioether (sulfide) groups is 1. The van der Waals surface area contributed by atoms with E-state index in [4.69, 9.17) is 14.3 Å². The van der Waals surface area contributed by atoms with Crippen molar-refractivity contribution < 1.29 is 23.9 Å². The quantitative estimate of drug-likeness (QED) is 0.250. The Labute approximate surface area is 214 Å². The van der Waals surface area contributed by atoms with E-state index in [2.05, 4.69) is 11.1 Å². The molecule has 0 radical (unpaired) electrons. The van der Waals surface area contributed by atoms with Gasteiger partial charge in [-0.2, -0.15) is 11.8 Å².